The van der Waals surface area contributed by atoms with Gasteiger partial charge in [-0.3, -0.25) is 10.2 Å². The predicted molar refractivity (Wildman–Crippen MR) is 78.9 cm³/mol. The number of nitrogen functional groups attached to an aromatic ring is 1. The number of anilines is 1. The lowest BCUT2D eigenvalue weighted by Gasteiger charge is -2.03. The second-order valence-electron chi connectivity index (χ2n) is 4.19. The summed E-state index contributed by atoms with van der Waals surface area (Å²) in [6, 6.07) is 1.69. The fraction of sp³-hybridized carbons (Fsp3) is 0.364. The van der Waals surface area contributed by atoms with Gasteiger partial charge in [0.25, 0.3) is 5.91 Å². The molecule has 0 atom stereocenters. The highest BCUT2D eigenvalue weighted by Crippen LogP contribution is 2.30. The van der Waals surface area contributed by atoms with Crippen LogP contribution in [0, 0.1) is 6.92 Å². The van der Waals surface area contributed by atoms with E-state index in [1.807, 2.05) is 19.0 Å². The number of hydrogen-bond acceptors (Lipinski definition) is 8. The van der Waals surface area contributed by atoms with Gasteiger partial charge in [0, 0.05) is 14.1 Å². The Morgan fingerprint density at radius 2 is 2.30 bits per heavy atom. The van der Waals surface area contributed by atoms with E-state index in [9.17, 15) is 4.79 Å². The highest BCUT2D eigenvalue weighted by molar-refractivity contribution is 8.00. The lowest BCUT2D eigenvalue weighted by molar-refractivity contribution is 0.0952. The third-order valence-electron chi connectivity index (χ3n) is 2.46. The Morgan fingerprint density at radius 1 is 1.55 bits per heavy atom. The van der Waals surface area contributed by atoms with Crippen molar-refractivity contribution in [2.24, 2.45) is 5.84 Å². The molecule has 0 bridgehead atoms. The average molecular weight is 313 g/mol. The minimum absolute atomic E-state index is 0.353. The largest absolute Gasteiger partial charge is 0.465 e. The Labute approximate surface area is 124 Å². The van der Waals surface area contributed by atoms with Crippen molar-refractivity contribution in [3.63, 3.8) is 0 Å². The van der Waals surface area contributed by atoms with Gasteiger partial charge < -0.3 is 9.32 Å². The summed E-state index contributed by atoms with van der Waals surface area (Å²) >= 11 is 3.02. The van der Waals surface area contributed by atoms with Gasteiger partial charge in [-0.15, -0.1) is 10.2 Å². The molecule has 2 rings (SSSR count). The van der Waals surface area contributed by atoms with E-state index in [4.69, 9.17) is 10.3 Å². The Kier molecular flexibility index (Phi) is 4.63. The van der Waals surface area contributed by atoms with Crippen LogP contribution < -0.4 is 16.2 Å². The summed E-state index contributed by atoms with van der Waals surface area (Å²) in [6.45, 7) is 1.73. The Balaban J connectivity index is 2.01. The molecular formula is C11H15N5O2S2. The van der Waals surface area contributed by atoms with E-state index >= 15 is 0 Å². The van der Waals surface area contributed by atoms with Crippen LogP contribution in [-0.4, -0.2) is 30.2 Å². The fourth-order valence-corrected chi connectivity index (χ4v) is 3.14. The van der Waals surface area contributed by atoms with Crippen LogP contribution in [0.25, 0.3) is 0 Å². The van der Waals surface area contributed by atoms with E-state index in [0.29, 0.717) is 22.8 Å². The van der Waals surface area contributed by atoms with Crippen molar-refractivity contribution in [3.05, 3.63) is 23.2 Å². The first-order chi connectivity index (χ1) is 9.51. The van der Waals surface area contributed by atoms with E-state index < -0.39 is 0 Å². The monoisotopic (exact) mass is 313 g/mol. The van der Waals surface area contributed by atoms with Gasteiger partial charge in [0.1, 0.15) is 11.5 Å². The summed E-state index contributed by atoms with van der Waals surface area (Å²) < 4.78 is 6.38. The van der Waals surface area contributed by atoms with Crippen LogP contribution >= 0.6 is 23.1 Å². The van der Waals surface area contributed by atoms with Gasteiger partial charge in [0.2, 0.25) is 5.13 Å². The third-order valence-corrected chi connectivity index (χ3v) is 4.71. The molecule has 9 heteroatoms. The molecule has 7 nitrogen and oxygen atoms in total. The summed E-state index contributed by atoms with van der Waals surface area (Å²) in [4.78, 5) is 13.4. The zero-order chi connectivity index (χ0) is 14.7. The standard InChI is InChI=1S/C11H15N5O2S2/c1-6-8(9(17)13-12)4-7(18-6)5-19-11-15-14-10(20-11)16(2)3/h4H,5,12H2,1-3H3,(H,13,17). The minimum Gasteiger partial charge on any atom is -0.465 e. The van der Waals surface area contributed by atoms with Crippen molar-refractivity contribution in [2.75, 3.05) is 19.0 Å². The lowest BCUT2D eigenvalue weighted by atomic mass is 10.2. The summed E-state index contributed by atoms with van der Waals surface area (Å²) in [5.74, 6) is 6.59. The van der Waals surface area contributed by atoms with E-state index in [1.54, 1.807) is 13.0 Å². The second-order valence-corrected chi connectivity index (χ2v) is 6.37. The second kappa shape index (κ2) is 6.25. The normalized spacial score (nSPS) is 10.6. The summed E-state index contributed by atoms with van der Waals surface area (Å²) in [5, 5.41) is 8.99. The SMILES string of the molecule is Cc1oc(CSc2nnc(N(C)C)s2)cc1C(=O)NN. The number of hydrogen-bond donors (Lipinski definition) is 2. The van der Waals surface area contributed by atoms with E-state index in [2.05, 4.69) is 15.6 Å². The molecule has 0 aromatic carbocycles. The molecule has 0 aliphatic carbocycles. The Bertz CT molecular complexity index is 608. The van der Waals surface area contributed by atoms with Gasteiger partial charge in [0.15, 0.2) is 4.34 Å². The van der Waals surface area contributed by atoms with Gasteiger partial charge in [-0.2, -0.15) is 0 Å². The number of nitrogens with one attached hydrogen (secondary N) is 1. The molecule has 0 saturated carbocycles. The van der Waals surface area contributed by atoms with Crippen LogP contribution in [0.4, 0.5) is 5.13 Å². The number of furan rings is 1. The number of amides is 1. The first-order valence-corrected chi connectivity index (χ1v) is 7.55. The van der Waals surface area contributed by atoms with Crippen molar-refractivity contribution in [3.8, 4) is 0 Å². The van der Waals surface area contributed by atoms with Gasteiger partial charge in [-0.05, 0) is 13.0 Å². The van der Waals surface area contributed by atoms with Crippen molar-refractivity contribution >= 4 is 34.1 Å². The first kappa shape index (κ1) is 14.8. The van der Waals surface area contributed by atoms with Crippen molar-refractivity contribution in [2.45, 2.75) is 17.0 Å². The molecule has 0 spiro atoms. The molecule has 2 heterocycles. The van der Waals surface area contributed by atoms with Crippen molar-refractivity contribution < 1.29 is 9.21 Å². The highest BCUT2D eigenvalue weighted by Gasteiger charge is 2.15. The number of hydrazine groups is 1. The maximum Gasteiger partial charge on any atom is 0.268 e. The Morgan fingerprint density at radius 3 is 2.90 bits per heavy atom. The van der Waals surface area contributed by atoms with Gasteiger partial charge in [0.05, 0.1) is 11.3 Å². The number of nitrogens with zero attached hydrogens (tertiary/aromatic N) is 3. The number of rotatable bonds is 5. The molecule has 0 unspecified atom stereocenters. The number of aromatic nitrogens is 2. The lowest BCUT2D eigenvalue weighted by Crippen LogP contribution is -2.30. The van der Waals surface area contributed by atoms with Crippen LogP contribution in [0.3, 0.4) is 0 Å². The quantitative estimate of drug-likeness (QED) is 0.373. The molecule has 0 saturated heterocycles. The highest BCUT2D eigenvalue weighted by atomic mass is 32.2. The van der Waals surface area contributed by atoms with Crippen LogP contribution in [-0.2, 0) is 5.75 Å². The molecule has 0 radical (unpaired) electrons. The third kappa shape index (κ3) is 3.30. The van der Waals surface area contributed by atoms with E-state index in [-0.39, 0.29) is 5.91 Å². The van der Waals surface area contributed by atoms with Crippen LogP contribution in [0.5, 0.6) is 0 Å². The molecule has 0 aliphatic rings. The zero-order valence-electron chi connectivity index (χ0n) is 11.3. The number of nitrogens with two attached hydrogens (primary N) is 1. The van der Waals surface area contributed by atoms with Gasteiger partial charge in [-0.1, -0.05) is 23.1 Å². The summed E-state index contributed by atoms with van der Waals surface area (Å²) in [7, 11) is 3.84. The molecular weight excluding hydrogens is 298 g/mol. The molecule has 20 heavy (non-hydrogen) atoms. The number of carbonyl (C=O) groups excluding carboxylic acids is 1. The van der Waals surface area contributed by atoms with E-state index in [0.717, 1.165) is 9.47 Å². The molecule has 0 aliphatic heterocycles. The number of thioether (sulfide) groups is 1. The fourth-order valence-electron chi connectivity index (χ4n) is 1.49. The van der Waals surface area contributed by atoms with Crippen molar-refractivity contribution in [1.29, 1.82) is 0 Å². The maximum atomic E-state index is 11.5. The zero-order valence-corrected chi connectivity index (χ0v) is 13.0. The average Bonchev–Trinajstić information content (AvgIpc) is 3.02. The molecule has 108 valence electrons. The molecule has 0 fully saturated rings. The van der Waals surface area contributed by atoms with Crippen LogP contribution in [0.1, 0.15) is 21.9 Å². The first-order valence-electron chi connectivity index (χ1n) is 5.75. The van der Waals surface area contributed by atoms with Gasteiger partial charge in [-0.25, -0.2) is 5.84 Å². The van der Waals surface area contributed by atoms with E-state index in [1.165, 1.54) is 23.1 Å². The minimum atomic E-state index is -0.353. The van der Waals surface area contributed by atoms with Crippen molar-refractivity contribution in [1.82, 2.24) is 15.6 Å². The predicted octanol–water partition coefficient (Wildman–Crippen LogP) is 1.40. The molecule has 2 aromatic heterocycles. The van der Waals surface area contributed by atoms with Crippen LogP contribution in [0.2, 0.25) is 0 Å². The van der Waals surface area contributed by atoms with Gasteiger partial charge >= 0.3 is 0 Å². The van der Waals surface area contributed by atoms with Crippen LogP contribution in [0.15, 0.2) is 14.8 Å². The summed E-state index contributed by atoms with van der Waals surface area (Å²) in [5.41, 5.74) is 2.55. The number of aryl methyl sites for hydroxylation is 1. The number of carbonyl (C=O) groups is 1. The Hall–Kier alpha value is -1.58. The molecule has 2 aromatic rings. The topological polar surface area (TPSA) is 97.3 Å². The molecule has 3 N–H and O–H groups in total. The maximum absolute atomic E-state index is 11.5. The summed E-state index contributed by atoms with van der Waals surface area (Å²) in [6.07, 6.45) is 0. The smallest absolute Gasteiger partial charge is 0.268 e. The molecule has 1 amide bonds.